The highest BCUT2D eigenvalue weighted by Crippen LogP contribution is 2.47. The standard InChI is InChI=1S/C15H23N5O.ClH/c1-8-17-12-5-4-11(7-20(12)19-8)18-15(21)13-9-2-3-10(6-9)14(13)16;/h9-11,13-14H,2-7,16H2,1H3,(H,18,21);1H. The van der Waals surface area contributed by atoms with E-state index in [1.807, 2.05) is 11.6 Å². The maximum atomic E-state index is 12.6. The Bertz CT molecular complexity index is 572. The summed E-state index contributed by atoms with van der Waals surface area (Å²) in [5.41, 5.74) is 6.26. The van der Waals surface area contributed by atoms with Crippen molar-refractivity contribution in [1.29, 1.82) is 0 Å². The van der Waals surface area contributed by atoms with Crippen LogP contribution in [0.4, 0.5) is 0 Å². The lowest BCUT2D eigenvalue weighted by molar-refractivity contribution is -0.128. The van der Waals surface area contributed by atoms with E-state index >= 15 is 0 Å². The third-order valence-corrected chi connectivity index (χ3v) is 5.59. The molecule has 5 unspecified atom stereocenters. The Hall–Kier alpha value is -1.14. The number of hydrogen-bond donors (Lipinski definition) is 2. The highest BCUT2D eigenvalue weighted by atomic mass is 35.5. The molecule has 0 aromatic carbocycles. The van der Waals surface area contributed by atoms with Crippen LogP contribution >= 0.6 is 12.4 Å². The first-order valence-corrected chi connectivity index (χ1v) is 8.08. The number of aromatic nitrogens is 3. The fraction of sp³-hybridized carbons (Fsp3) is 0.800. The van der Waals surface area contributed by atoms with Gasteiger partial charge in [0.1, 0.15) is 11.6 Å². The molecule has 3 aliphatic rings. The molecule has 22 heavy (non-hydrogen) atoms. The van der Waals surface area contributed by atoms with Gasteiger partial charge in [-0.3, -0.25) is 4.79 Å². The number of nitrogens with zero attached hydrogens (tertiary/aromatic N) is 3. The lowest BCUT2D eigenvalue weighted by Crippen LogP contribution is -2.50. The molecular formula is C15H24ClN5O. The highest BCUT2D eigenvalue weighted by Gasteiger charge is 2.49. The molecule has 1 aromatic rings. The van der Waals surface area contributed by atoms with Gasteiger partial charge in [0.15, 0.2) is 0 Å². The van der Waals surface area contributed by atoms with Crippen molar-refractivity contribution in [3.63, 3.8) is 0 Å². The van der Waals surface area contributed by atoms with Crippen LogP contribution in [0, 0.1) is 24.7 Å². The van der Waals surface area contributed by atoms with Crippen LogP contribution < -0.4 is 11.1 Å². The molecule has 0 radical (unpaired) electrons. The van der Waals surface area contributed by atoms with Crippen molar-refractivity contribution in [3.8, 4) is 0 Å². The van der Waals surface area contributed by atoms with Crippen LogP contribution in [0.3, 0.4) is 0 Å². The van der Waals surface area contributed by atoms with Crippen molar-refractivity contribution in [2.75, 3.05) is 0 Å². The Morgan fingerprint density at radius 3 is 2.82 bits per heavy atom. The summed E-state index contributed by atoms with van der Waals surface area (Å²) in [6.07, 6.45) is 5.36. The summed E-state index contributed by atoms with van der Waals surface area (Å²) < 4.78 is 1.94. The molecule has 6 nitrogen and oxygen atoms in total. The van der Waals surface area contributed by atoms with Crippen LogP contribution in [0.1, 0.15) is 37.3 Å². The fourth-order valence-corrected chi connectivity index (χ4v) is 4.57. The minimum atomic E-state index is 0. The van der Waals surface area contributed by atoms with Crippen molar-refractivity contribution < 1.29 is 4.79 Å². The second-order valence-electron chi connectivity index (χ2n) is 6.94. The average Bonchev–Trinajstić information content (AvgIpc) is 3.10. The molecule has 4 rings (SSSR count). The summed E-state index contributed by atoms with van der Waals surface area (Å²) in [4.78, 5) is 17.0. The van der Waals surface area contributed by atoms with Gasteiger partial charge in [-0.15, -0.1) is 12.4 Å². The van der Waals surface area contributed by atoms with E-state index in [1.54, 1.807) is 0 Å². The van der Waals surface area contributed by atoms with Gasteiger partial charge in [0.25, 0.3) is 0 Å². The Balaban J connectivity index is 0.00000144. The van der Waals surface area contributed by atoms with Gasteiger partial charge in [-0.1, -0.05) is 0 Å². The minimum Gasteiger partial charge on any atom is -0.351 e. The van der Waals surface area contributed by atoms with Crippen LogP contribution in [0.15, 0.2) is 0 Å². The molecule has 0 spiro atoms. The molecule has 1 aliphatic heterocycles. The summed E-state index contributed by atoms with van der Waals surface area (Å²) in [6.45, 7) is 2.64. The van der Waals surface area contributed by atoms with Crippen molar-refractivity contribution in [3.05, 3.63) is 11.6 Å². The van der Waals surface area contributed by atoms with E-state index in [0.29, 0.717) is 11.8 Å². The van der Waals surface area contributed by atoms with E-state index in [0.717, 1.165) is 37.5 Å². The molecule has 0 saturated heterocycles. The summed E-state index contributed by atoms with van der Waals surface area (Å²) in [5, 5.41) is 7.61. The second kappa shape index (κ2) is 5.81. The molecule has 2 saturated carbocycles. The van der Waals surface area contributed by atoms with Gasteiger partial charge in [0.05, 0.1) is 12.5 Å². The smallest absolute Gasteiger partial charge is 0.225 e. The first kappa shape index (κ1) is 15.7. The van der Waals surface area contributed by atoms with E-state index in [4.69, 9.17) is 5.73 Å². The predicted molar refractivity (Wildman–Crippen MR) is 84.6 cm³/mol. The van der Waals surface area contributed by atoms with Crippen LogP contribution in [0.5, 0.6) is 0 Å². The largest absolute Gasteiger partial charge is 0.351 e. The molecule has 3 N–H and O–H groups in total. The number of hydrogen-bond acceptors (Lipinski definition) is 4. The second-order valence-corrected chi connectivity index (χ2v) is 6.94. The first-order valence-electron chi connectivity index (χ1n) is 8.08. The molecule has 1 amide bonds. The van der Waals surface area contributed by atoms with Gasteiger partial charge in [0, 0.05) is 18.5 Å². The zero-order chi connectivity index (χ0) is 14.6. The van der Waals surface area contributed by atoms with Gasteiger partial charge in [-0.05, 0) is 44.4 Å². The number of aryl methyl sites for hydroxylation is 2. The summed E-state index contributed by atoms with van der Waals surface area (Å²) >= 11 is 0. The molecule has 5 atom stereocenters. The Kier molecular flexibility index (Phi) is 4.16. The molecule has 2 fully saturated rings. The maximum absolute atomic E-state index is 12.6. The predicted octanol–water partition coefficient (Wildman–Crippen LogP) is 0.813. The number of rotatable bonds is 2. The molecule has 2 bridgehead atoms. The molecule has 122 valence electrons. The van der Waals surface area contributed by atoms with Crippen LogP contribution in [-0.2, 0) is 17.8 Å². The van der Waals surface area contributed by atoms with Gasteiger partial charge in [-0.25, -0.2) is 9.67 Å². The zero-order valence-corrected chi connectivity index (χ0v) is 13.7. The number of halogens is 1. The molecule has 7 heteroatoms. The summed E-state index contributed by atoms with van der Waals surface area (Å²) in [7, 11) is 0. The van der Waals surface area contributed by atoms with Crippen LogP contribution in [0.25, 0.3) is 0 Å². The number of nitrogens with two attached hydrogens (primary N) is 1. The normalized spacial score (nSPS) is 35.8. The lowest BCUT2D eigenvalue weighted by Gasteiger charge is -2.30. The summed E-state index contributed by atoms with van der Waals surface area (Å²) in [5.74, 6) is 3.13. The number of nitrogens with one attached hydrogen (secondary N) is 1. The first-order chi connectivity index (χ1) is 10.1. The lowest BCUT2D eigenvalue weighted by atomic mass is 9.84. The Morgan fingerprint density at radius 2 is 2.09 bits per heavy atom. The topological polar surface area (TPSA) is 85.8 Å². The summed E-state index contributed by atoms with van der Waals surface area (Å²) in [6, 6.07) is 0.231. The van der Waals surface area contributed by atoms with Gasteiger partial charge >= 0.3 is 0 Å². The molecule has 1 aromatic heterocycles. The fourth-order valence-electron chi connectivity index (χ4n) is 4.57. The number of carbonyl (C=O) groups is 1. The SMILES string of the molecule is Cc1nc2n(n1)CC(NC(=O)C1C3CCC(C3)C1N)CC2.Cl. The number of carbonyl (C=O) groups excluding carboxylic acids is 1. The number of fused-ring (bicyclic) bond motifs is 3. The van der Waals surface area contributed by atoms with E-state index in [-0.39, 0.29) is 36.3 Å². The molecule has 2 aliphatic carbocycles. The van der Waals surface area contributed by atoms with Crippen molar-refractivity contribution in [1.82, 2.24) is 20.1 Å². The molecular weight excluding hydrogens is 302 g/mol. The average molecular weight is 326 g/mol. The monoisotopic (exact) mass is 325 g/mol. The molecule has 2 heterocycles. The zero-order valence-electron chi connectivity index (χ0n) is 12.9. The van der Waals surface area contributed by atoms with Gasteiger partial charge in [0.2, 0.25) is 5.91 Å². The number of amides is 1. The minimum absolute atomic E-state index is 0. The van der Waals surface area contributed by atoms with Crippen LogP contribution in [0.2, 0.25) is 0 Å². The van der Waals surface area contributed by atoms with Crippen molar-refractivity contribution in [2.24, 2.45) is 23.5 Å². The van der Waals surface area contributed by atoms with E-state index in [1.165, 1.54) is 12.8 Å². The quantitative estimate of drug-likeness (QED) is 0.842. The Labute approximate surface area is 136 Å². The highest BCUT2D eigenvalue weighted by molar-refractivity contribution is 5.85. The van der Waals surface area contributed by atoms with Gasteiger partial charge in [-0.2, -0.15) is 5.10 Å². The van der Waals surface area contributed by atoms with E-state index in [2.05, 4.69) is 15.4 Å². The van der Waals surface area contributed by atoms with E-state index < -0.39 is 0 Å². The van der Waals surface area contributed by atoms with E-state index in [9.17, 15) is 4.79 Å². The van der Waals surface area contributed by atoms with Crippen molar-refractivity contribution >= 4 is 18.3 Å². The van der Waals surface area contributed by atoms with Crippen molar-refractivity contribution in [2.45, 2.75) is 57.7 Å². The third kappa shape index (κ3) is 2.52. The van der Waals surface area contributed by atoms with Crippen LogP contribution in [-0.4, -0.2) is 32.8 Å². The Morgan fingerprint density at radius 1 is 1.32 bits per heavy atom. The van der Waals surface area contributed by atoms with Gasteiger partial charge < -0.3 is 11.1 Å². The third-order valence-electron chi connectivity index (χ3n) is 5.59. The maximum Gasteiger partial charge on any atom is 0.225 e.